The van der Waals surface area contributed by atoms with Crippen LogP contribution in [0, 0.1) is 5.92 Å². The zero-order valence-electron chi connectivity index (χ0n) is 10.3. The van der Waals surface area contributed by atoms with Gasteiger partial charge in [-0.1, -0.05) is 49.6 Å². The molecule has 17 heavy (non-hydrogen) atoms. The van der Waals surface area contributed by atoms with Crippen LogP contribution in [0.1, 0.15) is 43.6 Å². The molecule has 1 aliphatic rings. The molecule has 0 radical (unpaired) electrons. The zero-order chi connectivity index (χ0) is 12.1. The summed E-state index contributed by atoms with van der Waals surface area (Å²) in [5.74, 6) is 0.236. The van der Waals surface area contributed by atoms with E-state index in [9.17, 15) is 10.2 Å². The molecule has 0 bridgehead atoms. The summed E-state index contributed by atoms with van der Waals surface area (Å²) < 4.78 is 0. The molecule has 0 amide bonds. The molecule has 0 unspecified atom stereocenters. The average molecular weight is 234 g/mol. The fraction of sp³-hybridized carbons (Fsp3) is 0.600. The molecule has 2 heteroatoms. The molecule has 94 valence electrons. The van der Waals surface area contributed by atoms with Crippen LogP contribution in [0.4, 0.5) is 0 Å². The Labute approximate surface area is 103 Å². The number of hydrogen-bond donors (Lipinski definition) is 2. The van der Waals surface area contributed by atoms with Gasteiger partial charge in [-0.05, 0) is 24.3 Å². The molecular formula is C15H22O2. The first kappa shape index (κ1) is 12.6. The van der Waals surface area contributed by atoms with Gasteiger partial charge in [0.25, 0.3) is 0 Å². The molecule has 0 aliphatic heterocycles. The number of rotatable bonds is 4. The topological polar surface area (TPSA) is 40.5 Å². The fourth-order valence-electron chi connectivity index (χ4n) is 2.92. The van der Waals surface area contributed by atoms with E-state index in [4.69, 9.17) is 0 Å². The highest BCUT2D eigenvalue weighted by Gasteiger charge is 2.29. The van der Waals surface area contributed by atoms with Crippen molar-refractivity contribution >= 4 is 0 Å². The van der Waals surface area contributed by atoms with Gasteiger partial charge in [-0.3, -0.25) is 0 Å². The molecule has 0 heterocycles. The van der Waals surface area contributed by atoms with Crippen LogP contribution in [0.5, 0.6) is 0 Å². The minimum Gasteiger partial charge on any atom is -0.396 e. The van der Waals surface area contributed by atoms with Crippen LogP contribution in [0.3, 0.4) is 0 Å². The predicted octanol–water partition coefficient (Wildman–Crippen LogP) is 2.70. The smallest absolute Gasteiger partial charge is 0.0658 e. The first-order chi connectivity index (χ1) is 8.33. The number of aliphatic hydroxyl groups is 2. The largest absolute Gasteiger partial charge is 0.396 e. The van der Waals surface area contributed by atoms with Gasteiger partial charge >= 0.3 is 0 Å². The van der Waals surface area contributed by atoms with Gasteiger partial charge in [0.15, 0.2) is 0 Å². The summed E-state index contributed by atoms with van der Waals surface area (Å²) >= 11 is 0. The Morgan fingerprint density at radius 3 is 2.29 bits per heavy atom. The van der Waals surface area contributed by atoms with Gasteiger partial charge in [-0.15, -0.1) is 0 Å². The van der Waals surface area contributed by atoms with Gasteiger partial charge in [-0.25, -0.2) is 0 Å². The van der Waals surface area contributed by atoms with Crippen molar-refractivity contribution in [2.45, 2.75) is 44.1 Å². The highest BCUT2D eigenvalue weighted by Crippen LogP contribution is 2.33. The lowest BCUT2D eigenvalue weighted by atomic mass is 9.78. The Morgan fingerprint density at radius 2 is 1.71 bits per heavy atom. The fourth-order valence-corrected chi connectivity index (χ4v) is 2.92. The lowest BCUT2D eigenvalue weighted by molar-refractivity contribution is 0.0403. The molecule has 2 nitrogen and oxygen atoms in total. The van der Waals surface area contributed by atoms with E-state index >= 15 is 0 Å². The van der Waals surface area contributed by atoms with Crippen molar-refractivity contribution in [1.82, 2.24) is 0 Å². The van der Waals surface area contributed by atoms with Crippen molar-refractivity contribution < 1.29 is 10.2 Å². The van der Waals surface area contributed by atoms with Crippen LogP contribution >= 0.6 is 0 Å². The Bertz CT molecular complexity index is 317. The van der Waals surface area contributed by atoms with Crippen molar-refractivity contribution in [3.63, 3.8) is 0 Å². The molecule has 0 aromatic heterocycles. The Hall–Kier alpha value is -0.860. The van der Waals surface area contributed by atoms with Gasteiger partial charge in [-0.2, -0.15) is 0 Å². The zero-order valence-corrected chi connectivity index (χ0v) is 10.3. The van der Waals surface area contributed by atoms with Crippen LogP contribution in [-0.4, -0.2) is 22.9 Å². The minimum atomic E-state index is -0.400. The molecule has 1 aromatic carbocycles. The van der Waals surface area contributed by atoms with E-state index in [1.807, 2.05) is 30.3 Å². The first-order valence-corrected chi connectivity index (χ1v) is 6.67. The monoisotopic (exact) mass is 234 g/mol. The summed E-state index contributed by atoms with van der Waals surface area (Å²) in [5, 5.41) is 19.9. The first-order valence-electron chi connectivity index (χ1n) is 6.67. The maximum Gasteiger partial charge on any atom is 0.0658 e. The molecule has 2 rings (SSSR count). The third-order valence-corrected chi connectivity index (χ3v) is 3.97. The van der Waals surface area contributed by atoms with Gasteiger partial charge in [0.1, 0.15) is 0 Å². The van der Waals surface area contributed by atoms with Crippen LogP contribution < -0.4 is 0 Å². The molecule has 2 N–H and O–H groups in total. The second kappa shape index (κ2) is 6.18. The van der Waals surface area contributed by atoms with Crippen LogP contribution in [0.15, 0.2) is 30.3 Å². The standard InChI is InChI=1S/C15H22O2/c16-11-14(12-7-3-1-4-8-12)15(17)13-9-5-2-6-10-13/h1,3-4,7-8,13-17H,2,5-6,9-11H2/t14-,15-/m1/s1. The van der Waals surface area contributed by atoms with E-state index in [1.54, 1.807) is 0 Å². The molecule has 1 aliphatic carbocycles. The average Bonchev–Trinajstić information content (AvgIpc) is 2.42. The predicted molar refractivity (Wildman–Crippen MR) is 68.9 cm³/mol. The van der Waals surface area contributed by atoms with Crippen molar-refractivity contribution in [3.05, 3.63) is 35.9 Å². The molecule has 1 fully saturated rings. The number of benzene rings is 1. The van der Waals surface area contributed by atoms with Crippen molar-refractivity contribution in [3.8, 4) is 0 Å². The second-order valence-electron chi connectivity index (χ2n) is 5.09. The lowest BCUT2D eigenvalue weighted by Crippen LogP contribution is -2.31. The third kappa shape index (κ3) is 3.08. The molecule has 1 aromatic rings. The summed E-state index contributed by atoms with van der Waals surface area (Å²) in [6.45, 7) is 0.0294. The molecule has 0 saturated heterocycles. The minimum absolute atomic E-state index is 0.0294. The Morgan fingerprint density at radius 1 is 1.06 bits per heavy atom. The van der Waals surface area contributed by atoms with E-state index in [1.165, 1.54) is 19.3 Å². The van der Waals surface area contributed by atoms with Gasteiger partial charge < -0.3 is 10.2 Å². The second-order valence-corrected chi connectivity index (χ2v) is 5.09. The molecule has 1 saturated carbocycles. The number of hydrogen-bond acceptors (Lipinski definition) is 2. The molecule has 2 atom stereocenters. The van der Waals surface area contributed by atoms with Gasteiger partial charge in [0.05, 0.1) is 12.7 Å². The van der Waals surface area contributed by atoms with E-state index in [-0.39, 0.29) is 12.5 Å². The maximum atomic E-state index is 10.4. The van der Waals surface area contributed by atoms with Crippen LogP contribution in [0.25, 0.3) is 0 Å². The van der Waals surface area contributed by atoms with E-state index in [0.29, 0.717) is 5.92 Å². The van der Waals surface area contributed by atoms with Crippen LogP contribution in [-0.2, 0) is 0 Å². The lowest BCUT2D eigenvalue weighted by Gasteiger charge is -2.31. The summed E-state index contributed by atoms with van der Waals surface area (Å²) in [5.41, 5.74) is 1.05. The highest BCUT2D eigenvalue weighted by atomic mass is 16.3. The van der Waals surface area contributed by atoms with Gasteiger partial charge in [0, 0.05) is 5.92 Å². The Balaban J connectivity index is 2.07. The molecular weight excluding hydrogens is 212 g/mol. The summed E-state index contributed by atoms with van der Waals surface area (Å²) in [4.78, 5) is 0. The molecule has 0 spiro atoms. The number of aliphatic hydroxyl groups excluding tert-OH is 2. The van der Waals surface area contributed by atoms with Gasteiger partial charge in [0.2, 0.25) is 0 Å². The van der Waals surface area contributed by atoms with E-state index in [2.05, 4.69) is 0 Å². The quantitative estimate of drug-likeness (QED) is 0.841. The maximum absolute atomic E-state index is 10.4. The van der Waals surface area contributed by atoms with Crippen molar-refractivity contribution in [1.29, 1.82) is 0 Å². The van der Waals surface area contributed by atoms with E-state index < -0.39 is 6.10 Å². The summed E-state index contributed by atoms with van der Waals surface area (Å²) in [6.07, 6.45) is 5.53. The van der Waals surface area contributed by atoms with Crippen molar-refractivity contribution in [2.24, 2.45) is 5.92 Å². The van der Waals surface area contributed by atoms with Crippen LogP contribution in [0.2, 0.25) is 0 Å². The summed E-state index contributed by atoms with van der Waals surface area (Å²) in [6, 6.07) is 9.88. The summed E-state index contributed by atoms with van der Waals surface area (Å²) in [7, 11) is 0. The Kier molecular flexibility index (Phi) is 4.57. The normalized spacial score (nSPS) is 21.1. The van der Waals surface area contributed by atoms with E-state index in [0.717, 1.165) is 18.4 Å². The third-order valence-electron chi connectivity index (χ3n) is 3.97. The SMILES string of the molecule is OC[C@H](c1ccccc1)[C@H](O)C1CCCCC1. The van der Waals surface area contributed by atoms with Crippen molar-refractivity contribution in [2.75, 3.05) is 6.61 Å². The highest BCUT2D eigenvalue weighted by molar-refractivity contribution is 5.21.